The number of guanidine groups is 1. The van der Waals surface area contributed by atoms with Gasteiger partial charge in [0.2, 0.25) is 0 Å². The highest BCUT2D eigenvalue weighted by Gasteiger charge is 2.14. The molecule has 0 radical (unpaired) electrons. The van der Waals surface area contributed by atoms with Crippen molar-refractivity contribution in [1.29, 1.82) is 0 Å². The number of piperidine rings is 1. The summed E-state index contributed by atoms with van der Waals surface area (Å²) in [6.07, 6.45) is 2.50. The number of aliphatic hydroxyl groups is 1. The zero-order valence-corrected chi connectivity index (χ0v) is 10.9. The van der Waals surface area contributed by atoms with Crippen LogP contribution in [-0.2, 0) is 0 Å². The van der Waals surface area contributed by atoms with E-state index < -0.39 is 11.9 Å². The molecule has 2 rings (SSSR count). The maximum Gasteiger partial charge on any atom is 0.191 e. The van der Waals surface area contributed by atoms with Gasteiger partial charge in [0.25, 0.3) is 0 Å². The lowest BCUT2D eigenvalue weighted by Gasteiger charge is -2.27. The number of hydrogen-bond acceptors (Lipinski definition) is 2. The van der Waals surface area contributed by atoms with Gasteiger partial charge < -0.3 is 15.7 Å². The van der Waals surface area contributed by atoms with Crippen LogP contribution in [0, 0.1) is 5.82 Å². The fourth-order valence-electron chi connectivity index (χ4n) is 2.25. The first-order valence-corrected chi connectivity index (χ1v) is 6.66. The summed E-state index contributed by atoms with van der Waals surface area (Å²) in [4.78, 5) is 6.18. The minimum absolute atomic E-state index is 0.0866. The van der Waals surface area contributed by atoms with Gasteiger partial charge in [0, 0.05) is 18.7 Å². The average molecular weight is 265 g/mol. The molecule has 1 fully saturated rings. The topological polar surface area (TPSA) is 61.9 Å². The Morgan fingerprint density at radius 1 is 1.32 bits per heavy atom. The van der Waals surface area contributed by atoms with E-state index in [1.807, 2.05) is 4.90 Å². The van der Waals surface area contributed by atoms with Crippen molar-refractivity contribution in [3.8, 4) is 0 Å². The molecule has 1 aliphatic rings. The van der Waals surface area contributed by atoms with E-state index in [4.69, 9.17) is 5.73 Å². The summed E-state index contributed by atoms with van der Waals surface area (Å²) in [6.45, 7) is 1.90. The van der Waals surface area contributed by atoms with Crippen LogP contribution in [0.2, 0.25) is 0 Å². The second kappa shape index (κ2) is 6.52. The lowest BCUT2D eigenvalue weighted by Crippen LogP contribution is -2.41. The molecule has 1 unspecified atom stereocenters. The number of rotatable bonds is 3. The molecular formula is C14H20FN3O. The summed E-state index contributed by atoms with van der Waals surface area (Å²) in [6, 6.07) is 6.18. The Balaban J connectivity index is 1.95. The van der Waals surface area contributed by atoms with Gasteiger partial charge in [-0.15, -0.1) is 0 Å². The zero-order valence-electron chi connectivity index (χ0n) is 10.9. The van der Waals surface area contributed by atoms with Crippen LogP contribution in [-0.4, -0.2) is 35.6 Å². The molecule has 0 amide bonds. The molecule has 1 aromatic carbocycles. The number of nitrogens with zero attached hydrogens (tertiary/aromatic N) is 2. The Hall–Kier alpha value is -1.62. The molecule has 0 saturated carbocycles. The molecule has 1 aromatic rings. The lowest BCUT2D eigenvalue weighted by molar-refractivity contribution is 0.181. The minimum Gasteiger partial charge on any atom is -0.386 e. The monoisotopic (exact) mass is 265 g/mol. The van der Waals surface area contributed by atoms with Crippen molar-refractivity contribution in [2.45, 2.75) is 25.4 Å². The number of hydrogen-bond donors (Lipinski definition) is 2. The van der Waals surface area contributed by atoms with Gasteiger partial charge in [-0.3, -0.25) is 4.99 Å². The van der Waals surface area contributed by atoms with E-state index in [1.54, 1.807) is 18.2 Å². The van der Waals surface area contributed by atoms with Crippen molar-refractivity contribution in [1.82, 2.24) is 4.90 Å². The smallest absolute Gasteiger partial charge is 0.191 e. The third-order valence-electron chi connectivity index (χ3n) is 3.37. The van der Waals surface area contributed by atoms with Crippen LogP contribution in [0.5, 0.6) is 0 Å². The third-order valence-corrected chi connectivity index (χ3v) is 3.37. The van der Waals surface area contributed by atoms with Crippen molar-refractivity contribution >= 4 is 5.96 Å². The van der Waals surface area contributed by atoms with Gasteiger partial charge in [-0.05, 0) is 25.3 Å². The van der Waals surface area contributed by atoms with Crippen LogP contribution < -0.4 is 5.73 Å². The SMILES string of the molecule is NC(=NCC(O)c1ccccc1F)N1CCCCC1. The van der Waals surface area contributed by atoms with Crippen LogP contribution in [0.4, 0.5) is 4.39 Å². The Kier molecular flexibility index (Phi) is 4.74. The molecule has 1 saturated heterocycles. The first-order chi connectivity index (χ1) is 9.18. The van der Waals surface area contributed by atoms with Gasteiger partial charge in [-0.25, -0.2) is 4.39 Å². The number of halogens is 1. The van der Waals surface area contributed by atoms with Gasteiger partial charge in [0.1, 0.15) is 11.9 Å². The summed E-state index contributed by atoms with van der Waals surface area (Å²) in [5.41, 5.74) is 6.15. The van der Waals surface area contributed by atoms with E-state index in [2.05, 4.69) is 4.99 Å². The van der Waals surface area contributed by atoms with Crippen LogP contribution in [0.25, 0.3) is 0 Å². The first-order valence-electron chi connectivity index (χ1n) is 6.66. The Morgan fingerprint density at radius 2 is 2.00 bits per heavy atom. The second-order valence-electron chi connectivity index (χ2n) is 4.78. The first kappa shape index (κ1) is 13.8. The van der Waals surface area contributed by atoms with Crippen LogP contribution in [0.15, 0.2) is 29.3 Å². The summed E-state index contributed by atoms with van der Waals surface area (Å²) >= 11 is 0. The molecule has 5 heteroatoms. The van der Waals surface area contributed by atoms with Gasteiger partial charge in [-0.2, -0.15) is 0 Å². The van der Waals surface area contributed by atoms with Gasteiger partial charge in [0.15, 0.2) is 5.96 Å². The fourth-order valence-corrected chi connectivity index (χ4v) is 2.25. The Labute approximate surface area is 112 Å². The summed E-state index contributed by atoms with van der Waals surface area (Å²) in [7, 11) is 0. The molecule has 0 aliphatic carbocycles. The van der Waals surface area contributed by atoms with Gasteiger partial charge >= 0.3 is 0 Å². The van der Waals surface area contributed by atoms with E-state index in [1.165, 1.54) is 12.5 Å². The number of aliphatic imine (C=N–C) groups is 1. The van der Waals surface area contributed by atoms with Crippen molar-refractivity contribution in [3.63, 3.8) is 0 Å². The maximum absolute atomic E-state index is 13.5. The molecular weight excluding hydrogens is 245 g/mol. The standard InChI is InChI=1S/C14H20FN3O/c15-12-7-3-2-6-11(12)13(19)10-17-14(16)18-8-4-1-5-9-18/h2-3,6-7,13,19H,1,4-5,8-10H2,(H2,16,17). The number of aliphatic hydroxyl groups excluding tert-OH is 1. The summed E-state index contributed by atoms with van der Waals surface area (Å²) in [5, 5.41) is 9.93. The molecule has 3 N–H and O–H groups in total. The number of nitrogens with two attached hydrogens (primary N) is 1. The predicted octanol–water partition coefficient (Wildman–Crippen LogP) is 1.66. The minimum atomic E-state index is -0.954. The van der Waals surface area contributed by atoms with Crippen molar-refractivity contribution in [3.05, 3.63) is 35.6 Å². The fraction of sp³-hybridized carbons (Fsp3) is 0.500. The zero-order chi connectivity index (χ0) is 13.7. The molecule has 1 heterocycles. The molecule has 19 heavy (non-hydrogen) atoms. The van der Waals surface area contributed by atoms with Crippen LogP contribution in [0.1, 0.15) is 30.9 Å². The van der Waals surface area contributed by atoms with Crippen LogP contribution in [0.3, 0.4) is 0 Å². The van der Waals surface area contributed by atoms with Crippen molar-refractivity contribution < 1.29 is 9.50 Å². The number of benzene rings is 1. The molecule has 4 nitrogen and oxygen atoms in total. The van der Waals surface area contributed by atoms with Crippen molar-refractivity contribution in [2.75, 3.05) is 19.6 Å². The molecule has 1 aliphatic heterocycles. The maximum atomic E-state index is 13.5. The highest BCUT2D eigenvalue weighted by molar-refractivity contribution is 5.78. The lowest BCUT2D eigenvalue weighted by atomic mass is 10.1. The molecule has 104 valence electrons. The molecule has 0 spiro atoms. The number of likely N-dealkylation sites (tertiary alicyclic amines) is 1. The normalized spacial score (nSPS) is 18.4. The average Bonchev–Trinajstić information content (AvgIpc) is 2.46. The van der Waals surface area contributed by atoms with E-state index >= 15 is 0 Å². The van der Waals surface area contributed by atoms with E-state index in [0.29, 0.717) is 5.96 Å². The molecule has 0 aromatic heterocycles. The Morgan fingerprint density at radius 3 is 2.68 bits per heavy atom. The highest BCUT2D eigenvalue weighted by Crippen LogP contribution is 2.17. The third kappa shape index (κ3) is 3.67. The van der Waals surface area contributed by atoms with Gasteiger partial charge in [0.05, 0.1) is 6.54 Å². The van der Waals surface area contributed by atoms with Crippen molar-refractivity contribution in [2.24, 2.45) is 10.7 Å². The van der Waals surface area contributed by atoms with Crippen LogP contribution >= 0.6 is 0 Å². The largest absolute Gasteiger partial charge is 0.386 e. The van der Waals surface area contributed by atoms with E-state index in [-0.39, 0.29) is 12.1 Å². The quantitative estimate of drug-likeness (QED) is 0.645. The summed E-state index contributed by atoms with van der Waals surface area (Å²) in [5.74, 6) is 0.0248. The Bertz CT molecular complexity index is 444. The highest BCUT2D eigenvalue weighted by atomic mass is 19.1. The predicted molar refractivity (Wildman–Crippen MR) is 73.3 cm³/mol. The molecule has 1 atom stereocenters. The van der Waals surface area contributed by atoms with E-state index in [9.17, 15) is 9.50 Å². The summed E-state index contributed by atoms with van der Waals surface area (Å²) < 4.78 is 13.5. The van der Waals surface area contributed by atoms with Gasteiger partial charge in [-0.1, -0.05) is 18.2 Å². The second-order valence-corrected chi connectivity index (χ2v) is 4.78. The van der Waals surface area contributed by atoms with E-state index in [0.717, 1.165) is 25.9 Å². The molecule has 0 bridgehead atoms.